The lowest BCUT2D eigenvalue weighted by atomic mass is 10.2. The van der Waals surface area contributed by atoms with Gasteiger partial charge in [0.1, 0.15) is 11.5 Å². The van der Waals surface area contributed by atoms with Crippen molar-refractivity contribution in [3.8, 4) is 11.5 Å². The fourth-order valence-electron chi connectivity index (χ4n) is 2.54. The fraction of sp³-hybridized carbons (Fsp3) is 0.333. The van der Waals surface area contributed by atoms with Gasteiger partial charge in [-0.25, -0.2) is 0 Å². The van der Waals surface area contributed by atoms with Gasteiger partial charge in [0, 0.05) is 6.54 Å². The molecular formula is C18H19Cl2NO3. The highest BCUT2D eigenvalue weighted by molar-refractivity contribution is 6.31. The van der Waals surface area contributed by atoms with Crippen LogP contribution >= 0.6 is 23.2 Å². The number of likely N-dealkylation sites (N-methyl/N-ethyl adjacent to an activating group) is 1. The van der Waals surface area contributed by atoms with Crippen molar-refractivity contribution in [3.63, 3.8) is 0 Å². The van der Waals surface area contributed by atoms with Gasteiger partial charge >= 0.3 is 0 Å². The third kappa shape index (κ3) is 3.78. The fourth-order valence-corrected chi connectivity index (χ4v) is 3.16. The summed E-state index contributed by atoms with van der Waals surface area (Å²) < 4.78 is 17.6. The van der Waals surface area contributed by atoms with Crippen molar-refractivity contribution in [2.75, 3.05) is 20.2 Å². The maximum Gasteiger partial charge on any atom is 0.272 e. The van der Waals surface area contributed by atoms with E-state index < -0.39 is 16.9 Å². The van der Waals surface area contributed by atoms with Crippen molar-refractivity contribution in [2.45, 2.75) is 16.9 Å². The Morgan fingerprint density at radius 1 is 1.08 bits per heavy atom. The predicted molar refractivity (Wildman–Crippen MR) is 94.7 cm³/mol. The lowest BCUT2D eigenvalue weighted by Crippen LogP contribution is -2.56. The molecule has 6 heteroatoms. The van der Waals surface area contributed by atoms with E-state index in [0.29, 0.717) is 18.1 Å². The standard InChI is InChI=1S/C18H19Cl2NO3/c1-21-12-13-22-17(21)18(20,24-15-10-6-3-7-11-15)16(19)23-14-8-4-2-5-9-14/h2-11,16-17H,12-13H2,1H3/t16-,17?,18+/m0/s1. The van der Waals surface area contributed by atoms with Crippen LogP contribution in [0.15, 0.2) is 60.7 Å². The summed E-state index contributed by atoms with van der Waals surface area (Å²) in [6, 6.07) is 18.5. The van der Waals surface area contributed by atoms with Crippen molar-refractivity contribution in [2.24, 2.45) is 0 Å². The van der Waals surface area contributed by atoms with Crippen LogP contribution in [0.3, 0.4) is 0 Å². The van der Waals surface area contributed by atoms with E-state index in [1.54, 1.807) is 0 Å². The first kappa shape index (κ1) is 17.4. The van der Waals surface area contributed by atoms with Crippen LogP contribution in [-0.2, 0) is 4.74 Å². The van der Waals surface area contributed by atoms with Crippen LogP contribution in [0.25, 0.3) is 0 Å². The molecular weight excluding hydrogens is 349 g/mol. The minimum Gasteiger partial charge on any atom is -0.469 e. The Bertz CT molecular complexity index is 643. The van der Waals surface area contributed by atoms with E-state index >= 15 is 0 Å². The van der Waals surface area contributed by atoms with Gasteiger partial charge in [-0.15, -0.1) is 0 Å². The van der Waals surface area contributed by atoms with Gasteiger partial charge in [0.15, 0.2) is 6.23 Å². The van der Waals surface area contributed by atoms with Gasteiger partial charge in [-0.3, -0.25) is 4.90 Å². The number of hydrogen-bond acceptors (Lipinski definition) is 4. The number of ether oxygens (including phenoxy) is 3. The van der Waals surface area contributed by atoms with Crippen LogP contribution < -0.4 is 9.47 Å². The third-order valence-electron chi connectivity index (χ3n) is 3.77. The Hall–Kier alpha value is -1.46. The number of alkyl halides is 2. The molecule has 0 saturated carbocycles. The molecule has 128 valence electrons. The minimum absolute atomic E-state index is 0.536. The zero-order chi connectivity index (χ0) is 17.0. The average molecular weight is 368 g/mol. The molecule has 0 aromatic heterocycles. The van der Waals surface area contributed by atoms with Crippen LogP contribution in [0.4, 0.5) is 0 Å². The maximum atomic E-state index is 6.83. The average Bonchev–Trinajstić information content (AvgIpc) is 3.03. The number of halogens is 2. The van der Waals surface area contributed by atoms with E-state index in [9.17, 15) is 0 Å². The zero-order valence-electron chi connectivity index (χ0n) is 13.3. The van der Waals surface area contributed by atoms with Crippen LogP contribution in [0.5, 0.6) is 11.5 Å². The molecule has 0 amide bonds. The van der Waals surface area contributed by atoms with Crippen molar-refractivity contribution >= 4 is 23.2 Å². The maximum absolute atomic E-state index is 6.83. The molecule has 1 aliphatic heterocycles. The van der Waals surface area contributed by atoms with E-state index in [2.05, 4.69) is 0 Å². The van der Waals surface area contributed by atoms with E-state index in [4.69, 9.17) is 37.4 Å². The summed E-state index contributed by atoms with van der Waals surface area (Å²) in [6.45, 7) is 1.30. The summed E-state index contributed by atoms with van der Waals surface area (Å²) in [5.74, 6) is 1.21. The van der Waals surface area contributed by atoms with Gasteiger partial charge in [-0.2, -0.15) is 0 Å². The summed E-state index contributed by atoms with van der Waals surface area (Å²) in [5, 5.41) is -1.41. The van der Waals surface area contributed by atoms with Crippen LogP contribution in [0.2, 0.25) is 0 Å². The van der Waals surface area contributed by atoms with Crippen molar-refractivity contribution in [3.05, 3.63) is 60.7 Å². The molecule has 2 aromatic rings. The van der Waals surface area contributed by atoms with E-state index in [-0.39, 0.29) is 0 Å². The molecule has 2 aromatic carbocycles. The minimum atomic E-state index is -1.41. The summed E-state index contributed by atoms with van der Waals surface area (Å²) >= 11 is 13.4. The second-order valence-electron chi connectivity index (χ2n) is 5.56. The van der Waals surface area contributed by atoms with Crippen molar-refractivity contribution in [1.29, 1.82) is 0 Å². The summed E-state index contributed by atoms with van der Waals surface area (Å²) in [5.41, 5.74) is -0.965. The van der Waals surface area contributed by atoms with Crippen molar-refractivity contribution < 1.29 is 14.2 Å². The molecule has 3 atom stereocenters. The molecule has 1 unspecified atom stereocenters. The number of hydrogen-bond donors (Lipinski definition) is 0. The second kappa shape index (κ2) is 7.62. The largest absolute Gasteiger partial charge is 0.469 e. The lowest BCUT2D eigenvalue weighted by Gasteiger charge is -2.38. The van der Waals surface area contributed by atoms with Gasteiger partial charge in [-0.1, -0.05) is 59.6 Å². The second-order valence-corrected chi connectivity index (χ2v) is 6.55. The van der Waals surface area contributed by atoms with Gasteiger partial charge in [0.05, 0.1) is 6.61 Å². The molecule has 0 bridgehead atoms. The summed E-state index contributed by atoms with van der Waals surface area (Å²) in [7, 11) is 1.91. The Morgan fingerprint density at radius 3 is 2.21 bits per heavy atom. The highest BCUT2D eigenvalue weighted by Gasteiger charge is 2.52. The molecule has 1 saturated heterocycles. The van der Waals surface area contributed by atoms with E-state index in [0.717, 1.165) is 6.54 Å². The Morgan fingerprint density at radius 2 is 1.67 bits per heavy atom. The number of nitrogens with zero attached hydrogens (tertiary/aromatic N) is 1. The van der Waals surface area contributed by atoms with E-state index in [1.165, 1.54) is 0 Å². The molecule has 4 nitrogen and oxygen atoms in total. The van der Waals surface area contributed by atoms with Gasteiger partial charge in [0.2, 0.25) is 5.56 Å². The predicted octanol–water partition coefficient (Wildman–Crippen LogP) is 3.93. The molecule has 1 fully saturated rings. The molecule has 0 radical (unpaired) electrons. The van der Waals surface area contributed by atoms with Gasteiger partial charge < -0.3 is 14.2 Å². The molecule has 0 N–H and O–H groups in total. The highest BCUT2D eigenvalue weighted by Crippen LogP contribution is 2.37. The van der Waals surface area contributed by atoms with Crippen LogP contribution in [-0.4, -0.2) is 42.0 Å². The molecule has 1 heterocycles. The molecule has 0 aliphatic carbocycles. The number of para-hydroxylation sites is 2. The first-order valence-corrected chi connectivity index (χ1v) is 8.51. The summed E-state index contributed by atoms with van der Waals surface area (Å²) in [6.07, 6.45) is -0.536. The molecule has 24 heavy (non-hydrogen) atoms. The first-order chi connectivity index (χ1) is 11.6. The third-order valence-corrected chi connectivity index (χ3v) is 4.75. The Kier molecular flexibility index (Phi) is 5.51. The van der Waals surface area contributed by atoms with Crippen LogP contribution in [0, 0.1) is 0 Å². The molecule has 1 aliphatic rings. The lowest BCUT2D eigenvalue weighted by molar-refractivity contribution is -0.0927. The quantitative estimate of drug-likeness (QED) is 0.723. The number of rotatable bonds is 6. The Balaban J connectivity index is 1.86. The smallest absolute Gasteiger partial charge is 0.272 e. The molecule has 3 rings (SSSR count). The van der Waals surface area contributed by atoms with Gasteiger partial charge in [0.25, 0.3) is 5.06 Å². The Labute approximate surface area is 151 Å². The number of benzene rings is 2. The normalized spacial score (nSPS) is 21.9. The SMILES string of the molecule is CN1CCOC1[C@](Cl)(Oc1ccccc1)[C@@H](Cl)Oc1ccccc1. The van der Waals surface area contributed by atoms with E-state index in [1.807, 2.05) is 72.6 Å². The van der Waals surface area contributed by atoms with Crippen LogP contribution in [0.1, 0.15) is 0 Å². The summed E-state index contributed by atoms with van der Waals surface area (Å²) in [4.78, 5) is 1.96. The van der Waals surface area contributed by atoms with Gasteiger partial charge in [-0.05, 0) is 31.3 Å². The molecule has 0 spiro atoms. The first-order valence-electron chi connectivity index (χ1n) is 7.70. The zero-order valence-corrected chi connectivity index (χ0v) is 14.8. The topological polar surface area (TPSA) is 30.9 Å². The van der Waals surface area contributed by atoms with Crippen molar-refractivity contribution in [1.82, 2.24) is 4.90 Å². The monoisotopic (exact) mass is 367 g/mol. The highest BCUT2D eigenvalue weighted by atomic mass is 35.5.